The van der Waals surface area contributed by atoms with E-state index in [1.807, 2.05) is 50.4 Å². The van der Waals surface area contributed by atoms with Crippen LogP contribution in [0.5, 0.6) is 5.75 Å². The van der Waals surface area contributed by atoms with Gasteiger partial charge in [-0.2, -0.15) is 0 Å². The van der Waals surface area contributed by atoms with Gasteiger partial charge in [0.25, 0.3) is 11.8 Å². The van der Waals surface area contributed by atoms with E-state index in [1.165, 1.54) is 0 Å². The number of aryl methyl sites for hydroxylation is 1. The van der Waals surface area contributed by atoms with E-state index in [9.17, 15) is 9.59 Å². The van der Waals surface area contributed by atoms with Gasteiger partial charge in [-0.25, -0.2) is 0 Å². The zero-order valence-electron chi connectivity index (χ0n) is 15.6. The first-order valence-corrected chi connectivity index (χ1v) is 8.53. The van der Waals surface area contributed by atoms with Gasteiger partial charge in [0.2, 0.25) is 0 Å². The number of carbonyl (C=O) groups excluding carboxylic acids is 2. The van der Waals surface area contributed by atoms with Gasteiger partial charge in [0.15, 0.2) is 12.6 Å². The number of anilines is 2. The van der Waals surface area contributed by atoms with E-state index in [4.69, 9.17) is 4.74 Å². The zero-order valence-corrected chi connectivity index (χ0v) is 15.6. The molecule has 0 heterocycles. The smallest absolute Gasteiger partial charge is 0.282 e. The topological polar surface area (TPSA) is 71.9 Å². The number of carbonyl (C=O) groups is 2. The van der Waals surface area contributed by atoms with Crippen molar-refractivity contribution in [3.8, 4) is 5.75 Å². The summed E-state index contributed by atoms with van der Waals surface area (Å²) in [4.78, 5) is 25.4. The molecule has 0 aliphatic heterocycles. The predicted octanol–water partition coefficient (Wildman–Crippen LogP) is 1.48. The lowest BCUT2D eigenvalue weighted by molar-refractivity contribution is -0.885. The summed E-state index contributed by atoms with van der Waals surface area (Å²) in [5.41, 5.74) is 2.55. The molecular weight excluding hydrogens is 330 g/mol. The van der Waals surface area contributed by atoms with Crippen LogP contribution in [-0.4, -0.2) is 38.6 Å². The second kappa shape index (κ2) is 9.01. The van der Waals surface area contributed by atoms with Crippen LogP contribution < -0.4 is 20.3 Å². The number of hydrogen-bond donors (Lipinski definition) is 3. The predicted molar refractivity (Wildman–Crippen MR) is 103 cm³/mol. The van der Waals surface area contributed by atoms with Crippen molar-refractivity contribution in [3.05, 3.63) is 54.1 Å². The average molecular weight is 356 g/mol. The van der Waals surface area contributed by atoms with Crippen LogP contribution in [0.25, 0.3) is 0 Å². The van der Waals surface area contributed by atoms with Crippen LogP contribution >= 0.6 is 0 Å². The van der Waals surface area contributed by atoms with Gasteiger partial charge >= 0.3 is 0 Å². The van der Waals surface area contributed by atoms with Gasteiger partial charge in [-0.15, -0.1) is 0 Å². The summed E-state index contributed by atoms with van der Waals surface area (Å²) in [6.07, 6.45) is 0. The molecule has 0 saturated heterocycles. The third kappa shape index (κ3) is 5.60. The van der Waals surface area contributed by atoms with E-state index in [1.54, 1.807) is 26.2 Å². The lowest BCUT2D eigenvalue weighted by Gasteiger charge is -2.20. The molecule has 26 heavy (non-hydrogen) atoms. The molecule has 2 amide bonds. The lowest BCUT2D eigenvalue weighted by Crippen LogP contribution is -3.14. The second-order valence-electron chi connectivity index (χ2n) is 6.38. The summed E-state index contributed by atoms with van der Waals surface area (Å²) in [7, 11) is 3.40. The maximum Gasteiger partial charge on any atom is 0.282 e. The molecule has 2 atom stereocenters. The fourth-order valence-corrected chi connectivity index (χ4v) is 2.42. The molecule has 2 aromatic rings. The SMILES string of the molecule is COc1cccc(NC(=O)[C@H](C)[NH+](C)CC(=O)Nc2ccc(C)cc2)c1. The van der Waals surface area contributed by atoms with Crippen LogP contribution in [0, 0.1) is 6.92 Å². The van der Waals surface area contributed by atoms with Gasteiger partial charge in [0.1, 0.15) is 5.75 Å². The molecule has 138 valence electrons. The molecule has 0 saturated carbocycles. The zero-order chi connectivity index (χ0) is 19.1. The molecule has 6 nitrogen and oxygen atoms in total. The molecule has 0 aromatic heterocycles. The van der Waals surface area contributed by atoms with E-state index < -0.39 is 0 Å². The highest BCUT2D eigenvalue weighted by molar-refractivity contribution is 5.94. The van der Waals surface area contributed by atoms with Crippen LogP contribution in [0.4, 0.5) is 11.4 Å². The van der Waals surface area contributed by atoms with Crippen LogP contribution in [-0.2, 0) is 9.59 Å². The molecule has 0 fully saturated rings. The Morgan fingerprint density at radius 1 is 1.08 bits per heavy atom. The Labute approximate surface area is 154 Å². The van der Waals surface area contributed by atoms with Crippen molar-refractivity contribution >= 4 is 23.2 Å². The third-order valence-electron chi connectivity index (χ3n) is 4.24. The number of amides is 2. The van der Waals surface area contributed by atoms with Crippen LogP contribution in [0.2, 0.25) is 0 Å². The number of benzene rings is 2. The van der Waals surface area contributed by atoms with Gasteiger partial charge in [0, 0.05) is 17.4 Å². The Kier molecular flexibility index (Phi) is 6.74. The maximum absolute atomic E-state index is 12.4. The van der Waals surface area contributed by atoms with Crippen molar-refractivity contribution in [2.24, 2.45) is 0 Å². The van der Waals surface area contributed by atoms with E-state index in [-0.39, 0.29) is 24.4 Å². The standard InChI is InChI=1S/C20H25N3O3/c1-14-8-10-16(11-9-14)21-19(24)13-23(3)15(2)20(25)22-17-6-5-7-18(12-17)26-4/h5-12,15H,13H2,1-4H3,(H,21,24)(H,22,25)/p+1/t15-/m0/s1. The maximum atomic E-state index is 12.4. The van der Waals surface area contributed by atoms with Gasteiger partial charge in [-0.3, -0.25) is 9.59 Å². The first kappa shape index (κ1) is 19.5. The molecule has 6 heteroatoms. The molecule has 0 radical (unpaired) electrons. The van der Waals surface area contributed by atoms with Crippen LogP contribution in [0.15, 0.2) is 48.5 Å². The molecular formula is C20H26N3O3+. The lowest BCUT2D eigenvalue weighted by atomic mass is 10.2. The molecule has 1 unspecified atom stereocenters. The van der Waals surface area contributed by atoms with E-state index in [2.05, 4.69) is 10.6 Å². The first-order chi connectivity index (χ1) is 12.4. The minimum absolute atomic E-state index is 0.132. The molecule has 0 aliphatic rings. The molecule has 0 aliphatic carbocycles. The number of quaternary nitrogens is 1. The normalized spacial score (nSPS) is 12.8. The van der Waals surface area contributed by atoms with Crippen molar-refractivity contribution in [1.29, 1.82) is 0 Å². The number of hydrogen-bond acceptors (Lipinski definition) is 3. The van der Waals surface area contributed by atoms with E-state index in [0.29, 0.717) is 11.4 Å². The van der Waals surface area contributed by atoms with Gasteiger partial charge in [-0.1, -0.05) is 23.8 Å². The number of nitrogens with one attached hydrogen (secondary N) is 3. The highest BCUT2D eigenvalue weighted by atomic mass is 16.5. The molecule has 2 aromatic carbocycles. The van der Waals surface area contributed by atoms with Crippen molar-refractivity contribution in [3.63, 3.8) is 0 Å². The minimum Gasteiger partial charge on any atom is -0.497 e. The molecule has 0 bridgehead atoms. The largest absolute Gasteiger partial charge is 0.497 e. The molecule has 0 spiro atoms. The number of rotatable bonds is 7. The highest BCUT2D eigenvalue weighted by Gasteiger charge is 2.24. The van der Waals surface area contributed by atoms with Crippen molar-refractivity contribution in [2.45, 2.75) is 19.9 Å². The Balaban J connectivity index is 1.88. The Hall–Kier alpha value is -2.86. The Morgan fingerprint density at radius 2 is 1.77 bits per heavy atom. The van der Waals surface area contributed by atoms with Crippen molar-refractivity contribution in [1.82, 2.24) is 0 Å². The monoisotopic (exact) mass is 356 g/mol. The summed E-state index contributed by atoms with van der Waals surface area (Å²) in [6, 6.07) is 14.4. The third-order valence-corrected chi connectivity index (χ3v) is 4.24. The van der Waals surface area contributed by atoms with Crippen molar-refractivity contribution < 1.29 is 19.2 Å². The number of likely N-dealkylation sites (N-methyl/N-ethyl adjacent to an activating group) is 1. The van der Waals surface area contributed by atoms with Crippen molar-refractivity contribution in [2.75, 3.05) is 31.3 Å². The second-order valence-corrected chi connectivity index (χ2v) is 6.38. The van der Waals surface area contributed by atoms with Gasteiger partial charge in [0.05, 0.1) is 14.2 Å². The Bertz CT molecular complexity index is 759. The summed E-state index contributed by atoms with van der Waals surface area (Å²) >= 11 is 0. The summed E-state index contributed by atoms with van der Waals surface area (Å²) in [5, 5.41) is 5.71. The van der Waals surface area contributed by atoms with Gasteiger partial charge < -0.3 is 20.3 Å². The fourth-order valence-electron chi connectivity index (χ4n) is 2.42. The summed E-state index contributed by atoms with van der Waals surface area (Å²) in [5.74, 6) is 0.389. The molecule has 2 rings (SSSR count). The molecule has 3 N–H and O–H groups in total. The Morgan fingerprint density at radius 3 is 2.42 bits per heavy atom. The average Bonchev–Trinajstić information content (AvgIpc) is 2.63. The van der Waals surface area contributed by atoms with Gasteiger partial charge in [-0.05, 0) is 38.1 Å². The van der Waals surface area contributed by atoms with Crippen LogP contribution in [0.3, 0.4) is 0 Å². The number of ether oxygens (including phenoxy) is 1. The summed E-state index contributed by atoms with van der Waals surface area (Å²) < 4.78 is 5.15. The summed E-state index contributed by atoms with van der Waals surface area (Å²) in [6.45, 7) is 3.98. The minimum atomic E-state index is -0.384. The highest BCUT2D eigenvalue weighted by Crippen LogP contribution is 2.16. The number of methoxy groups -OCH3 is 1. The quantitative estimate of drug-likeness (QED) is 0.704. The van der Waals surface area contributed by atoms with E-state index in [0.717, 1.165) is 16.2 Å². The first-order valence-electron chi connectivity index (χ1n) is 8.53. The van der Waals surface area contributed by atoms with E-state index >= 15 is 0 Å². The fraction of sp³-hybridized carbons (Fsp3) is 0.300. The van der Waals surface area contributed by atoms with Crippen LogP contribution in [0.1, 0.15) is 12.5 Å².